The number of anilines is 1. The molecule has 2 aromatic heterocycles. The second-order valence-corrected chi connectivity index (χ2v) is 4.81. The van der Waals surface area contributed by atoms with Crippen molar-refractivity contribution >= 4 is 17.2 Å². The van der Waals surface area contributed by atoms with Crippen molar-refractivity contribution in [1.82, 2.24) is 14.7 Å². The zero-order valence-corrected chi connectivity index (χ0v) is 12.1. The molecule has 0 unspecified atom stereocenters. The smallest absolute Gasteiger partial charge is 0.257 e. The molecule has 0 saturated heterocycles. The predicted molar refractivity (Wildman–Crippen MR) is 84.6 cm³/mol. The number of amides is 1. The number of carbonyl (C=O) groups is 1. The van der Waals surface area contributed by atoms with Gasteiger partial charge in [-0.2, -0.15) is 0 Å². The van der Waals surface area contributed by atoms with E-state index in [1.807, 2.05) is 47.1 Å². The number of imidazole rings is 1. The summed E-state index contributed by atoms with van der Waals surface area (Å²) in [6.07, 6.45) is 3.80. The summed E-state index contributed by atoms with van der Waals surface area (Å²) >= 11 is 0. The summed E-state index contributed by atoms with van der Waals surface area (Å²) in [5, 5.41) is 2.52. The molecule has 0 aliphatic heterocycles. The van der Waals surface area contributed by atoms with Crippen molar-refractivity contribution in [3.8, 4) is 17.0 Å². The maximum atomic E-state index is 11.3. The minimum Gasteiger partial charge on any atom is -0.480 e. The van der Waals surface area contributed by atoms with E-state index in [9.17, 15) is 4.79 Å². The highest BCUT2D eigenvalue weighted by molar-refractivity contribution is 5.77. The van der Waals surface area contributed by atoms with Crippen LogP contribution in [0.15, 0.2) is 48.8 Å². The molecule has 0 atom stereocenters. The number of fused-ring (bicyclic) bond motifs is 1. The van der Waals surface area contributed by atoms with E-state index in [2.05, 4.69) is 10.3 Å². The number of nitrogens with zero attached hydrogens (tertiary/aromatic N) is 2. The second-order valence-electron chi connectivity index (χ2n) is 4.81. The highest BCUT2D eigenvalue weighted by atomic mass is 16.5. The van der Waals surface area contributed by atoms with E-state index >= 15 is 0 Å². The van der Waals surface area contributed by atoms with Crippen molar-refractivity contribution in [3.05, 3.63) is 48.8 Å². The molecule has 6 heteroatoms. The first-order chi connectivity index (χ1) is 10.7. The van der Waals surface area contributed by atoms with Crippen LogP contribution in [0.1, 0.15) is 0 Å². The largest absolute Gasteiger partial charge is 0.480 e. The van der Waals surface area contributed by atoms with Crippen LogP contribution >= 0.6 is 0 Å². The van der Waals surface area contributed by atoms with Crippen LogP contribution in [0.25, 0.3) is 16.9 Å². The zero-order valence-electron chi connectivity index (χ0n) is 12.1. The van der Waals surface area contributed by atoms with Gasteiger partial charge in [0.2, 0.25) is 0 Å². The van der Waals surface area contributed by atoms with Gasteiger partial charge in [-0.05, 0) is 24.3 Å². The average Bonchev–Trinajstić information content (AvgIpc) is 2.97. The number of carbonyl (C=O) groups excluding carboxylic acids is 1. The Hall–Kier alpha value is -3.02. The molecule has 0 bridgehead atoms. The van der Waals surface area contributed by atoms with Gasteiger partial charge in [-0.1, -0.05) is 12.1 Å². The number of nitrogen functional groups attached to an aromatic ring is 1. The molecule has 1 aromatic carbocycles. The highest BCUT2D eigenvalue weighted by Crippen LogP contribution is 2.25. The molecule has 112 valence electrons. The van der Waals surface area contributed by atoms with Gasteiger partial charge in [0, 0.05) is 30.7 Å². The molecule has 22 heavy (non-hydrogen) atoms. The number of rotatable bonds is 4. The van der Waals surface area contributed by atoms with Crippen molar-refractivity contribution in [3.63, 3.8) is 0 Å². The first kappa shape index (κ1) is 13.9. The van der Waals surface area contributed by atoms with Gasteiger partial charge in [0.05, 0.1) is 5.69 Å². The fourth-order valence-corrected chi connectivity index (χ4v) is 2.11. The molecule has 0 saturated carbocycles. The minimum absolute atomic E-state index is 0.0414. The molecule has 1 amide bonds. The Morgan fingerprint density at radius 3 is 2.82 bits per heavy atom. The number of benzene rings is 1. The number of nitrogens with one attached hydrogen (secondary N) is 1. The normalized spacial score (nSPS) is 10.6. The minimum atomic E-state index is -0.188. The Morgan fingerprint density at radius 1 is 1.32 bits per heavy atom. The number of ether oxygens (including phenoxy) is 1. The Bertz CT molecular complexity index is 809. The van der Waals surface area contributed by atoms with Crippen molar-refractivity contribution in [2.75, 3.05) is 19.4 Å². The lowest BCUT2D eigenvalue weighted by Crippen LogP contribution is -2.24. The number of hydrogen-bond donors (Lipinski definition) is 2. The van der Waals surface area contributed by atoms with Crippen molar-refractivity contribution in [1.29, 1.82) is 0 Å². The van der Waals surface area contributed by atoms with E-state index in [1.54, 1.807) is 13.1 Å². The number of aromatic nitrogens is 2. The maximum Gasteiger partial charge on any atom is 0.257 e. The quantitative estimate of drug-likeness (QED) is 0.718. The van der Waals surface area contributed by atoms with Gasteiger partial charge in [0.1, 0.15) is 0 Å². The molecular weight excluding hydrogens is 280 g/mol. The van der Waals surface area contributed by atoms with Crippen molar-refractivity contribution in [2.24, 2.45) is 0 Å². The highest BCUT2D eigenvalue weighted by Gasteiger charge is 2.10. The van der Waals surface area contributed by atoms with Crippen LogP contribution in [0.3, 0.4) is 0 Å². The Labute approximate surface area is 127 Å². The second kappa shape index (κ2) is 5.77. The fraction of sp³-hybridized carbons (Fsp3) is 0.125. The van der Waals surface area contributed by atoms with E-state index in [0.29, 0.717) is 17.1 Å². The number of nitrogens with two attached hydrogens (primary N) is 1. The summed E-state index contributed by atoms with van der Waals surface area (Å²) in [6, 6.07) is 11.1. The van der Waals surface area contributed by atoms with Crippen molar-refractivity contribution < 1.29 is 9.53 Å². The lowest BCUT2D eigenvalue weighted by molar-refractivity contribution is -0.122. The zero-order chi connectivity index (χ0) is 15.5. The third kappa shape index (κ3) is 2.71. The van der Waals surface area contributed by atoms with E-state index < -0.39 is 0 Å². The molecule has 0 radical (unpaired) electrons. The van der Waals surface area contributed by atoms with E-state index in [4.69, 9.17) is 10.5 Å². The molecule has 0 spiro atoms. The Morgan fingerprint density at radius 2 is 2.09 bits per heavy atom. The van der Waals surface area contributed by atoms with Crippen molar-refractivity contribution in [2.45, 2.75) is 0 Å². The molecule has 0 fully saturated rings. The molecule has 3 N–H and O–H groups in total. The molecule has 0 aliphatic rings. The molecule has 6 nitrogen and oxygen atoms in total. The number of likely N-dealkylation sites (N-methyl/N-ethyl adjacent to an activating group) is 1. The SMILES string of the molecule is CNC(=O)COc1cccn2cc(-c3ccc(N)cc3)nc12. The van der Waals surface area contributed by atoms with Gasteiger partial charge in [0.15, 0.2) is 18.0 Å². The maximum absolute atomic E-state index is 11.3. The first-order valence-corrected chi connectivity index (χ1v) is 6.84. The monoisotopic (exact) mass is 296 g/mol. The fourth-order valence-electron chi connectivity index (χ4n) is 2.11. The lowest BCUT2D eigenvalue weighted by Gasteiger charge is -2.05. The molecular formula is C16H16N4O2. The summed E-state index contributed by atoms with van der Waals surface area (Å²) in [6.45, 7) is -0.0414. The van der Waals surface area contributed by atoms with Crippen LogP contribution in [0.2, 0.25) is 0 Å². The van der Waals surface area contributed by atoms with Gasteiger partial charge in [-0.25, -0.2) is 4.98 Å². The lowest BCUT2D eigenvalue weighted by atomic mass is 10.1. The van der Waals surface area contributed by atoms with Crippen LogP contribution in [-0.4, -0.2) is 28.9 Å². The topological polar surface area (TPSA) is 81.6 Å². The average molecular weight is 296 g/mol. The third-order valence-electron chi connectivity index (χ3n) is 3.29. The molecule has 3 aromatic rings. The summed E-state index contributed by atoms with van der Waals surface area (Å²) in [7, 11) is 1.57. The summed E-state index contributed by atoms with van der Waals surface area (Å²) in [4.78, 5) is 15.9. The van der Waals surface area contributed by atoms with Gasteiger partial charge >= 0.3 is 0 Å². The van der Waals surface area contributed by atoms with Gasteiger partial charge in [0.25, 0.3) is 5.91 Å². The van der Waals surface area contributed by atoms with Crippen LogP contribution in [0, 0.1) is 0 Å². The van der Waals surface area contributed by atoms with E-state index in [-0.39, 0.29) is 12.5 Å². The number of pyridine rings is 1. The predicted octanol–water partition coefficient (Wildman–Crippen LogP) is 1.71. The summed E-state index contributed by atoms with van der Waals surface area (Å²) < 4.78 is 7.39. The summed E-state index contributed by atoms with van der Waals surface area (Å²) in [5.74, 6) is 0.375. The van der Waals surface area contributed by atoms with Crippen LogP contribution < -0.4 is 15.8 Å². The van der Waals surface area contributed by atoms with Gasteiger partial charge < -0.3 is 20.2 Å². The van der Waals surface area contributed by atoms with E-state index in [0.717, 1.165) is 11.3 Å². The molecule has 0 aliphatic carbocycles. The standard InChI is InChI=1S/C16H16N4O2/c1-18-15(21)10-22-14-3-2-8-20-9-13(19-16(14)20)11-4-6-12(17)7-5-11/h2-9H,10,17H2,1H3,(H,18,21). The van der Waals surface area contributed by atoms with E-state index in [1.165, 1.54) is 0 Å². The van der Waals surface area contributed by atoms with Crippen LogP contribution in [-0.2, 0) is 4.79 Å². The third-order valence-corrected chi connectivity index (χ3v) is 3.29. The van der Waals surface area contributed by atoms with Gasteiger partial charge in [-0.15, -0.1) is 0 Å². The molecule has 2 heterocycles. The van der Waals surface area contributed by atoms with Crippen LogP contribution in [0.4, 0.5) is 5.69 Å². The Balaban J connectivity index is 1.95. The molecule has 3 rings (SSSR count). The summed E-state index contributed by atoms with van der Waals surface area (Å²) in [5.41, 5.74) is 8.86. The van der Waals surface area contributed by atoms with Gasteiger partial charge in [-0.3, -0.25) is 4.79 Å². The number of hydrogen-bond acceptors (Lipinski definition) is 4. The Kier molecular flexibility index (Phi) is 3.65. The van der Waals surface area contributed by atoms with Crippen LogP contribution in [0.5, 0.6) is 5.75 Å². The first-order valence-electron chi connectivity index (χ1n) is 6.84.